The summed E-state index contributed by atoms with van der Waals surface area (Å²) in [5.41, 5.74) is 0.406. The second-order valence-corrected chi connectivity index (χ2v) is 4.23. The zero-order valence-corrected chi connectivity index (χ0v) is 9.93. The number of benzene rings is 1. The summed E-state index contributed by atoms with van der Waals surface area (Å²) < 4.78 is 26.0. The Morgan fingerprint density at radius 1 is 1.36 bits per heavy atom. The summed E-state index contributed by atoms with van der Waals surface area (Å²) in [5, 5.41) is 0. The van der Waals surface area contributed by atoms with Crippen molar-refractivity contribution < 1.29 is 13.6 Å². The molecule has 4 heteroatoms. The standard InChI is InChI=1S/C10H9F2IO/c1-5(2)8-6(10(13)14)3-4-7(11)9(8)12/h3-5H,1-2H3. The Hall–Kier alpha value is -0.520. The molecule has 0 heterocycles. The van der Waals surface area contributed by atoms with Crippen LogP contribution in [0.5, 0.6) is 0 Å². The molecule has 0 aliphatic carbocycles. The van der Waals surface area contributed by atoms with Crippen molar-refractivity contribution in [1.29, 1.82) is 0 Å². The van der Waals surface area contributed by atoms with Crippen molar-refractivity contribution in [3.05, 3.63) is 34.9 Å². The minimum atomic E-state index is -0.914. The monoisotopic (exact) mass is 310 g/mol. The van der Waals surface area contributed by atoms with Crippen molar-refractivity contribution >= 4 is 26.4 Å². The molecule has 1 aromatic carbocycles. The minimum Gasteiger partial charge on any atom is -0.282 e. The van der Waals surface area contributed by atoms with Crippen LogP contribution in [0.2, 0.25) is 0 Å². The lowest BCUT2D eigenvalue weighted by molar-refractivity contribution is 0.110. The van der Waals surface area contributed by atoms with E-state index >= 15 is 0 Å². The van der Waals surface area contributed by atoms with Crippen LogP contribution >= 0.6 is 22.6 Å². The number of hydrogen-bond acceptors (Lipinski definition) is 1. The highest BCUT2D eigenvalue weighted by Crippen LogP contribution is 2.26. The van der Waals surface area contributed by atoms with Crippen LogP contribution in [0, 0.1) is 11.6 Å². The molecule has 0 aliphatic heterocycles. The Bertz CT molecular complexity index is 375. The molecule has 1 rings (SSSR count). The predicted molar refractivity (Wildman–Crippen MR) is 58.8 cm³/mol. The third-order valence-electron chi connectivity index (χ3n) is 1.92. The molecule has 0 aliphatic rings. The van der Waals surface area contributed by atoms with Gasteiger partial charge in [0.05, 0.1) is 0 Å². The van der Waals surface area contributed by atoms with Gasteiger partial charge in [0.25, 0.3) is 0 Å². The van der Waals surface area contributed by atoms with E-state index in [1.807, 2.05) is 0 Å². The van der Waals surface area contributed by atoms with Crippen molar-refractivity contribution in [2.45, 2.75) is 19.8 Å². The van der Waals surface area contributed by atoms with Crippen LogP contribution in [0.25, 0.3) is 0 Å². The van der Waals surface area contributed by atoms with E-state index in [2.05, 4.69) is 0 Å². The third kappa shape index (κ3) is 2.10. The van der Waals surface area contributed by atoms with Crippen molar-refractivity contribution in [2.75, 3.05) is 0 Å². The maximum absolute atomic E-state index is 13.3. The average Bonchev–Trinajstić information content (AvgIpc) is 2.08. The molecule has 0 fully saturated rings. The summed E-state index contributed by atoms with van der Waals surface area (Å²) in [6, 6.07) is 2.30. The molecule has 0 unspecified atom stereocenters. The van der Waals surface area contributed by atoms with Gasteiger partial charge in [0, 0.05) is 33.7 Å². The topological polar surface area (TPSA) is 17.1 Å². The lowest BCUT2D eigenvalue weighted by Crippen LogP contribution is -2.04. The van der Waals surface area contributed by atoms with Gasteiger partial charge in [-0.15, -0.1) is 0 Å². The smallest absolute Gasteiger partial charge is 0.222 e. The highest BCUT2D eigenvalue weighted by molar-refractivity contribution is 14.1. The molecular weight excluding hydrogens is 301 g/mol. The number of rotatable bonds is 2. The molecule has 0 radical (unpaired) electrons. The number of carbonyl (C=O) groups is 1. The largest absolute Gasteiger partial charge is 0.282 e. The van der Waals surface area contributed by atoms with Crippen molar-refractivity contribution in [2.24, 2.45) is 0 Å². The van der Waals surface area contributed by atoms with Crippen LogP contribution in [0.4, 0.5) is 8.78 Å². The Kier molecular flexibility index (Phi) is 3.58. The van der Waals surface area contributed by atoms with Gasteiger partial charge in [-0.3, -0.25) is 4.79 Å². The molecule has 0 saturated heterocycles. The lowest BCUT2D eigenvalue weighted by Gasteiger charge is -2.11. The molecular formula is C10H9F2IO. The summed E-state index contributed by atoms with van der Waals surface area (Å²) in [5.74, 6) is -2.03. The molecule has 0 amide bonds. The Morgan fingerprint density at radius 3 is 2.36 bits per heavy atom. The number of hydrogen-bond donors (Lipinski definition) is 0. The zero-order chi connectivity index (χ0) is 10.9. The fourth-order valence-electron chi connectivity index (χ4n) is 1.30. The van der Waals surface area contributed by atoms with E-state index in [1.54, 1.807) is 36.4 Å². The van der Waals surface area contributed by atoms with Crippen LogP contribution in [0.3, 0.4) is 0 Å². The molecule has 0 N–H and O–H groups in total. The first-order valence-corrected chi connectivity index (χ1v) is 5.20. The summed E-state index contributed by atoms with van der Waals surface area (Å²) >= 11 is 1.57. The van der Waals surface area contributed by atoms with E-state index in [1.165, 1.54) is 6.07 Å². The van der Waals surface area contributed by atoms with Crippen molar-refractivity contribution in [1.82, 2.24) is 0 Å². The Morgan fingerprint density at radius 2 is 1.93 bits per heavy atom. The normalized spacial score (nSPS) is 10.7. The maximum Gasteiger partial charge on any atom is 0.222 e. The Labute approximate surface area is 94.6 Å². The molecule has 1 nitrogen and oxygen atoms in total. The van der Waals surface area contributed by atoms with E-state index in [-0.39, 0.29) is 20.8 Å². The first-order valence-electron chi connectivity index (χ1n) is 4.13. The average molecular weight is 310 g/mol. The van der Waals surface area contributed by atoms with E-state index in [4.69, 9.17) is 0 Å². The fraction of sp³-hybridized carbons (Fsp3) is 0.300. The molecule has 0 spiro atoms. The quantitative estimate of drug-likeness (QED) is 0.602. The van der Waals surface area contributed by atoms with Crippen LogP contribution in [-0.4, -0.2) is 3.79 Å². The van der Waals surface area contributed by atoms with Gasteiger partial charge >= 0.3 is 0 Å². The van der Waals surface area contributed by atoms with Gasteiger partial charge in [0.1, 0.15) is 0 Å². The second kappa shape index (κ2) is 4.33. The molecule has 14 heavy (non-hydrogen) atoms. The zero-order valence-electron chi connectivity index (χ0n) is 7.77. The first-order chi connectivity index (χ1) is 6.45. The molecule has 76 valence electrons. The Balaban J connectivity index is 3.45. The summed E-state index contributed by atoms with van der Waals surface area (Å²) in [7, 11) is 0. The van der Waals surface area contributed by atoms with E-state index in [0.717, 1.165) is 6.07 Å². The van der Waals surface area contributed by atoms with Gasteiger partial charge in [-0.05, 0) is 18.1 Å². The van der Waals surface area contributed by atoms with E-state index in [0.29, 0.717) is 0 Å². The van der Waals surface area contributed by atoms with Crippen molar-refractivity contribution in [3.63, 3.8) is 0 Å². The molecule has 1 aromatic rings. The molecule has 0 saturated carbocycles. The summed E-state index contributed by atoms with van der Waals surface area (Å²) in [4.78, 5) is 11.1. The molecule has 0 aromatic heterocycles. The first kappa shape index (κ1) is 11.6. The van der Waals surface area contributed by atoms with Crippen LogP contribution < -0.4 is 0 Å². The van der Waals surface area contributed by atoms with Crippen LogP contribution in [0.15, 0.2) is 12.1 Å². The van der Waals surface area contributed by atoms with Crippen molar-refractivity contribution in [3.8, 4) is 0 Å². The third-order valence-corrected chi connectivity index (χ3v) is 2.50. The van der Waals surface area contributed by atoms with Gasteiger partial charge in [0.15, 0.2) is 11.6 Å². The number of carbonyl (C=O) groups excluding carboxylic acids is 1. The van der Waals surface area contributed by atoms with E-state index in [9.17, 15) is 13.6 Å². The van der Waals surface area contributed by atoms with Gasteiger partial charge < -0.3 is 0 Å². The van der Waals surface area contributed by atoms with Crippen LogP contribution in [-0.2, 0) is 0 Å². The van der Waals surface area contributed by atoms with Gasteiger partial charge in [-0.25, -0.2) is 8.78 Å². The fourth-order valence-corrected chi connectivity index (χ4v) is 1.77. The van der Waals surface area contributed by atoms with Gasteiger partial charge in [-0.1, -0.05) is 13.8 Å². The minimum absolute atomic E-state index is 0.157. The molecule has 0 atom stereocenters. The number of halogens is 3. The summed E-state index contributed by atoms with van der Waals surface area (Å²) in [6.45, 7) is 3.45. The summed E-state index contributed by atoms with van der Waals surface area (Å²) in [6.07, 6.45) is 0. The predicted octanol–water partition coefficient (Wildman–Crippen LogP) is 3.66. The highest BCUT2D eigenvalue weighted by Gasteiger charge is 2.19. The van der Waals surface area contributed by atoms with Crippen LogP contribution in [0.1, 0.15) is 35.7 Å². The highest BCUT2D eigenvalue weighted by atomic mass is 127. The van der Waals surface area contributed by atoms with E-state index < -0.39 is 11.6 Å². The molecule has 0 bridgehead atoms. The lowest BCUT2D eigenvalue weighted by atomic mass is 9.97. The maximum atomic E-state index is 13.3. The second-order valence-electron chi connectivity index (χ2n) is 3.25. The van der Waals surface area contributed by atoms with Gasteiger partial charge in [-0.2, -0.15) is 0 Å². The SMILES string of the molecule is CC(C)c1c(C(=O)I)ccc(F)c1F. The van der Waals surface area contributed by atoms with Gasteiger partial charge in [0.2, 0.25) is 3.79 Å².